The fraction of sp³-hybridized carbons (Fsp3) is 0.222. The number of carbonyl (C=O) groups excluding carboxylic acids is 1. The molecule has 3 aromatic rings. The number of thioether (sulfide) groups is 2. The summed E-state index contributed by atoms with van der Waals surface area (Å²) < 4.78 is 1.97. The van der Waals surface area contributed by atoms with Gasteiger partial charge in [-0.1, -0.05) is 47.1 Å². The standard InChI is InChI=1S/C18H17Cl2N5OS3/c1-2-6-25-15(10-27-9-12-3-4-13(19)14(20)8-12)23-24-18(25)29-11-16(26)22-17-21-5-7-28-17/h2-5,7-8H,1,6,9-11H2,(H,21,22,26). The summed E-state index contributed by atoms with van der Waals surface area (Å²) >= 11 is 16.4. The predicted molar refractivity (Wildman–Crippen MR) is 123 cm³/mol. The Kier molecular flexibility index (Phi) is 8.43. The first-order valence-electron chi connectivity index (χ1n) is 8.43. The van der Waals surface area contributed by atoms with Gasteiger partial charge < -0.3 is 9.88 Å². The Balaban J connectivity index is 1.56. The van der Waals surface area contributed by atoms with Crippen molar-refractivity contribution in [1.29, 1.82) is 0 Å². The lowest BCUT2D eigenvalue weighted by molar-refractivity contribution is -0.113. The first kappa shape index (κ1) is 22.2. The number of carbonyl (C=O) groups is 1. The molecule has 0 spiro atoms. The van der Waals surface area contributed by atoms with Crippen molar-refractivity contribution in [2.24, 2.45) is 0 Å². The zero-order valence-electron chi connectivity index (χ0n) is 15.2. The number of rotatable bonds is 10. The van der Waals surface area contributed by atoms with Crippen LogP contribution in [-0.2, 0) is 22.8 Å². The molecule has 152 valence electrons. The Bertz CT molecular complexity index is 978. The van der Waals surface area contributed by atoms with E-state index in [0.717, 1.165) is 17.1 Å². The first-order chi connectivity index (χ1) is 14.1. The van der Waals surface area contributed by atoms with Crippen LogP contribution in [0.15, 0.2) is 47.6 Å². The number of aromatic nitrogens is 4. The highest BCUT2D eigenvalue weighted by Gasteiger charge is 2.14. The van der Waals surface area contributed by atoms with Gasteiger partial charge in [-0.15, -0.1) is 39.9 Å². The number of hydrogen-bond donors (Lipinski definition) is 1. The number of hydrogen-bond acceptors (Lipinski definition) is 7. The molecule has 3 rings (SSSR count). The summed E-state index contributed by atoms with van der Waals surface area (Å²) in [7, 11) is 0. The molecule has 0 fully saturated rings. The molecule has 11 heteroatoms. The van der Waals surface area contributed by atoms with Crippen molar-refractivity contribution >= 4 is 69.1 Å². The second-order valence-corrected chi connectivity index (χ2v) is 9.35. The van der Waals surface area contributed by atoms with Crippen LogP contribution >= 0.6 is 58.1 Å². The summed E-state index contributed by atoms with van der Waals surface area (Å²) in [5.41, 5.74) is 1.09. The molecule has 0 aliphatic heterocycles. The van der Waals surface area contributed by atoms with E-state index < -0.39 is 0 Å². The van der Waals surface area contributed by atoms with Gasteiger partial charge in [-0.05, 0) is 17.7 Å². The highest BCUT2D eigenvalue weighted by atomic mass is 35.5. The molecule has 1 aromatic carbocycles. The van der Waals surface area contributed by atoms with Gasteiger partial charge in [0.25, 0.3) is 0 Å². The number of anilines is 1. The monoisotopic (exact) mass is 485 g/mol. The van der Waals surface area contributed by atoms with E-state index in [2.05, 4.69) is 27.1 Å². The lowest BCUT2D eigenvalue weighted by Gasteiger charge is -2.08. The Morgan fingerprint density at radius 1 is 1.28 bits per heavy atom. The van der Waals surface area contributed by atoms with E-state index in [0.29, 0.717) is 32.6 Å². The van der Waals surface area contributed by atoms with Crippen molar-refractivity contribution in [3.63, 3.8) is 0 Å². The molecule has 1 N–H and O–H groups in total. The average Bonchev–Trinajstić information content (AvgIpc) is 3.34. The summed E-state index contributed by atoms with van der Waals surface area (Å²) in [6.45, 7) is 4.38. The fourth-order valence-corrected chi connectivity index (χ4v) is 4.85. The van der Waals surface area contributed by atoms with Gasteiger partial charge in [0.1, 0.15) is 5.82 Å². The van der Waals surface area contributed by atoms with Gasteiger partial charge in [0.2, 0.25) is 5.91 Å². The second kappa shape index (κ2) is 11.0. The maximum absolute atomic E-state index is 12.1. The first-order valence-corrected chi connectivity index (χ1v) is 12.2. The number of halogens is 2. The SMILES string of the molecule is C=CCn1c(CSCc2ccc(Cl)c(Cl)c2)nnc1SCC(=O)Nc1nccs1. The third-order valence-electron chi connectivity index (χ3n) is 3.60. The normalized spacial score (nSPS) is 10.8. The van der Waals surface area contributed by atoms with Crippen molar-refractivity contribution in [3.8, 4) is 0 Å². The number of thiazole rings is 1. The average molecular weight is 486 g/mol. The highest BCUT2D eigenvalue weighted by Crippen LogP contribution is 2.26. The third kappa shape index (κ3) is 6.48. The van der Waals surface area contributed by atoms with E-state index in [-0.39, 0.29) is 11.7 Å². The van der Waals surface area contributed by atoms with E-state index in [4.69, 9.17) is 23.2 Å². The van der Waals surface area contributed by atoms with Crippen LogP contribution in [0.25, 0.3) is 0 Å². The Hall–Kier alpha value is -1.52. The molecule has 0 aliphatic rings. The number of benzene rings is 1. The molecule has 0 saturated carbocycles. The van der Waals surface area contributed by atoms with Gasteiger partial charge in [-0.3, -0.25) is 4.79 Å². The van der Waals surface area contributed by atoms with E-state index in [1.54, 1.807) is 30.1 Å². The quantitative estimate of drug-likeness (QED) is 0.306. The van der Waals surface area contributed by atoms with Gasteiger partial charge in [0.05, 0.1) is 21.6 Å². The smallest absolute Gasteiger partial charge is 0.236 e. The summed E-state index contributed by atoms with van der Waals surface area (Å²) in [6.07, 6.45) is 3.44. The molecule has 1 amide bonds. The maximum atomic E-state index is 12.1. The lowest BCUT2D eigenvalue weighted by Crippen LogP contribution is -2.14. The van der Waals surface area contributed by atoms with Crippen molar-refractivity contribution < 1.29 is 4.79 Å². The molecule has 0 unspecified atom stereocenters. The minimum Gasteiger partial charge on any atom is -0.301 e. The van der Waals surface area contributed by atoms with Gasteiger partial charge in [-0.25, -0.2) is 4.98 Å². The summed E-state index contributed by atoms with van der Waals surface area (Å²) in [4.78, 5) is 16.1. The number of nitrogens with zero attached hydrogens (tertiary/aromatic N) is 4. The van der Waals surface area contributed by atoms with E-state index in [9.17, 15) is 4.79 Å². The van der Waals surface area contributed by atoms with Crippen LogP contribution in [0, 0.1) is 0 Å². The number of allylic oxidation sites excluding steroid dienone is 1. The van der Waals surface area contributed by atoms with E-state index in [1.165, 1.54) is 23.1 Å². The minimum absolute atomic E-state index is 0.131. The number of amides is 1. The molecule has 2 aromatic heterocycles. The van der Waals surface area contributed by atoms with Crippen LogP contribution in [0.2, 0.25) is 10.0 Å². The van der Waals surface area contributed by atoms with E-state index in [1.807, 2.05) is 22.1 Å². The Morgan fingerprint density at radius 2 is 2.14 bits per heavy atom. The molecular weight excluding hydrogens is 469 g/mol. The molecule has 0 aliphatic carbocycles. The zero-order chi connectivity index (χ0) is 20.6. The van der Waals surface area contributed by atoms with Crippen molar-refractivity contribution in [2.45, 2.75) is 23.2 Å². The van der Waals surface area contributed by atoms with Crippen molar-refractivity contribution in [3.05, 3.63) is 63.9 Å². The molecule has 0 atom stereocenters. The van der Waals surface area contributed by atoms with Crippen LogP contribution in [0.3, 0.4) is 0 Å². The maximum Gasteiger partial charge on any atom is 0.236 e. The summed E-state index contributed by atoms with van der Waals surface area (Å²) in [6, 6.07) is 5.62. The van der Waals surface area contributed by atoms with Gasteiger partial charge in [0.15, 0.2) is 10.3 Å². The highest BCUT2D eigenvalue weighted by molar-refractivity contribution is 7.99. The molecule has 0 radical (unpaired) electrons. The van der Waals surface area contributed by atoms with Gasteiger partial charge in [0, 0.05) is 23.9 Å². The minimum atomic E-state index is -0.131. The molecule has 0 saturated heterocycles. The second-order valence-electron chi connectivity index (χ2n) is 5.71. The largest absolute Gasteiger partial charge is 0.301 e. The Morgan fingerprint density at radius 3 is 2.86 bits per heavy atom. The predicted octanol–water partition coefficient (Wildman–Crippen LogP) is 5.39. The molecule has 29 heavy (non-hydrogen) atoms. The van der Waals surface area contributed by atoms with Crippen LogP contribution in [0.5, 0.6) is 0 Å². The third-order valence-corrected chi connectivity index (χ3v) is 6.99. The molecule has 6 nitrogen and oxygen atoms in total. The van der Waals surface area contributed by atoms with Crippen LogP contribution < -0.4 is 5.32 Å². The molecule has 0 bridgehead atoms. The van der Waals surface area contributed by atoms with Crippen LogP contribution in [-0.4, -0.2) is 31.4 Å². The topological polar surface area (TPSA) is 72.7 Å². The van der Waals surface area contributed by atoms with Crippen LogP contribution in [0.4, 0.5) is 5.13 Å². The van der Waals surface area contributed by atoms with Crippen molar-refractivity contribution in [2.75, 3.05) is 11.1 Å². The number of nitrogens with one attached hydrogen (secondary N) is 1. The summed E-state index contributed by atoms with van der Waals surface area (Å²) in [5, 5.41) is 15.5. The summed E-state index contributed by atoms with van der Waals surface area (Å²) in [5.74, 6) is 2.38. The van der Waals surface area contributed by atoms with Crippen LogP contribution in [0.1, 0.15) is 11.4 Å². The van der Waals surface area contributed by atoms with Gasteiger partial charge in [-0.2, -0.15) is 0 Å². The van der Waals surface area contributed by atoms with Gasteiger partial charge >= 0.3 is 0 Å². The fourth-order valence-electron chi connectivity index (χ4n) is 2.31. The lowest BCUT2D eigenvalue weighted by atomic mass is 10.2. The van der Waals surface area contributed by atoms with Crippen molar-refractivity contribution in [1.82, 2.24) is 19.7 Å². The Labute approximate surface area is 191 Å². The van der Waals surface area contributed by atoms with E-state index >= 15 is 0 Å². The zero-order valence-corrected chi connectivity index (χ0v) is 19.1. The molecular formula is C18H17Cl2N5OS3. The molecule has 2 heterocycles.